The molecular formula is C33H39ClN6O2. The number of piperazine rings is 1. The second kappa shape index (κ2) is 12.1. The van der Waals surface area contributed by atoms with E-state index < -0.39 is 5.69 Å². The molecule has 0 bridgehead atoms. The fourth-order valence-corrected chi connectivity index (χ4v) is 5.91. The molecule has 0 radical (unpaired) electrons. The number of hydrogen-bond donors (Lipinski definition) is 0. The molecule has 1 amide bonds. The smallest absolute Gasteiger partial charge is 0.349 e. The number of rotatable bonds is 5. The Hall–Kier alpha value is -4.04. The van der Waals surface area contributed by atoms with Crippen LogP contribution >= 0.6 is 11.6 Å². The van der Waals surface area contributed by atoms with Gasteiger partial charge in [0.15, 0.2) is 5.65 Å². The van der Waals surface area contributed by atoms with E-state index in [1.807, 2.05) is 64.1 Å². The number of aromatic nitrogens is 4. The molecule has 1 aromatic carbocycles. The van der Waals surface area contributed by atoms with Crippen LogP contribution in [-0.4, -0.2) is 55.5 Å². The van der Waals surface area contributed by atoms with Gasteiger partial charge >= 0.3 is 5.69 Å². The van der Waals surface area contributed by atoms with E-state index in [4.69, 9.17) is 16.6 Å². The molecule has 8 nitrogen and oxygen atoms in total. The maximum absolute atomic E-state index is 14.1. The predicted molar refractivity (Wildman–Crippen MR) is 172 cm³/mol. The van der Waals surface area contributed by atoms with E-state index in [1.54, 1.807) is 15.7 Å². The lowest BCUT2D eigenvalue weighted by Crippen LogP contribution is -2.58. The van der Waals surface area contributed by atoms with Crippen molar-refractivity contribution in [3.05, 3.63) is 87.6 Å². The standard InChI is InChI=1S/C32H35ClN6O2.CH4/c1-8-26(40)37-16-22(7)38(17-21(37)6)30-24-15-25(33)28(23-11-9-10-19(4)14-23)35-31(24)39(32(41)36-30)29-20(5)12-13-34-27(29)18(2)3;/h8-15,18,21-22H,1,16-17H2,2-7H3;1H4/t21-,22+;/m1./s1. The van der Waals surface area contributed by atoms with E-state index in [0.717, 1.165) is 22.4 Å². The number of nitrogens with zero attached hydrogens (tertiary/aromatic N) is 6. The number of hydrogen-bond acceptors (Lipinski definition) is 6. The zero-order chi connectivity index (χ0) is 29.6. The van der Waals surface area contributed by atoms with E-state index in [2.05, 4.69) is 35.3 Å². The van der Waals surface area contributed by atoms with Crippen LogP contribution in [0.15, 0.2) is 60.0 Å². The third-order valence-corrected chi connectivity index (χ3v) is 8.02. The Morgan fingerprint density at radius 3 is 2.50 bits per heavy atom. The highest BCUT2D eigenvalue weighted by Gasteiger charge is 2.34. The second-order valence-corrected chi connectivity index (χ2v) is 11.6. The fourth-order valence-electron chi connectivity index (χ4n) is 5.65. The first-order valence-corrected chi connectivity index (χ1v) is 14.3. The average Bonchev–Trinajstić information content (AvgIpc) is 2.93. The molecule has 3 aromatic heterocycles. The van der Waals surface area contributed by atoms with E-state index in [1.165, 1.54) is 6.08 Å². The molecule has 42 heavy (non-hydrogen) atoms. The number of aryl methyl sites for hydroxylation is 2. The van der Waals surface area contributed by atoms with Crippen molar-refractivity contribution < 1.29 is 4.79 Å². The molecule has 220 valence electrons. The number of fused-ring (bicyclic) bond motifs is 1. The van der Waals surface area contributed by atoms with E-state index in [0.29, 0.717) is 46.3 Å². The summed E-state index contributed by atoms with van der Waals surface area (Å²) in [5.41, 5.74) is 4.91. The van der Waals surface area contributed by atoms with Gasteiger partial charge in [0, 0.05) is 36.9 Å². The summed E-state index contributed by atoms with van der Waals surface area (Å²) < 4.78 is 1.58. The number of amides is 1. The lowest BCUT2D eigenvalue weighted by atomic mass is 10.0. The molecule has 9 heteroatoms. The van der Waals surface area contributed by atoms with Crippen LogP contribution in [-0.2, 0) is 4.79 Å². The van der Waals surface area contributed by atoms with Gasteiger partial charge in [0.25, 0.3) is 0 Å². The Balaban J connectivity index is 0.00000405. The van der Waals surface area contributed by atoms with Crippen molar-refractivity contribution in [3.8, 4) is 16.9 Å². The topological polar surface area (TPSA) is 84.2 Å². The highest BCUT2D eigenvalue weighted by atomic mass is 35.5. The lowest BCUT2D eigenvalue weighted by molar-refractivity contribution is -0.128. The van der Waals surface area contributed by atoms with Crippen molar-refractivity contribution in [2.75, 3.05) is 18.0 Å². The second-order valence-electron chi connectivity index (χ2n) is 11.2. The van der Waals surface area contributed by atoms with Gasteiger partial charge in [0.2, 0.25) is 5.91 Å². The number of halogens is 1. The Morgan fingerprint density at radius 2 is 1.83 bits per heavy atom. The van der Waals surface area contributed by atoms with Gasteiger partial charge < -0.3 is 9.80 Å². The summed E-state index contributed by atoms with van der Waals surface area (Å²) in [5.74, 6) is 0.452. The Kier molecular flexibility index (Phi) is 8.87. The quantitative estimate of drug-likeness (QED) is 0.249. The summed E-state index contributed by atoms with van der Waals surface area (Å²) >= 11 is 6.93. The number of pyridine rings is 2. The highest BCUT2D eigenvalue weighted by Crippen LogP contribution is 2.36. The summed E-state index contributed by atoms with van der Waals surface area (Å²) in [6, 6.07) is 11.5. The Labute approximate surface area is 252 Å². The van der Waals surface area contributed by atoms with Crippen LogP contribution in [0.5, 0.6) is 0 Å². The van der Waals surface area contributed by atoms with Crippen LogP contribution in [0, 0.1) is 13.8 Å². The fraction of sp³-hybridized carbons (Fsp3) is 0.364. The molecule has 0 N–H and O–H groups in total. The van der Waals surface area contributed by atoms with Crippen molar-refractivity contribution >= 4 is 34.4 Å². The molecule has 4 heterocycles. The summed E-state index contributed by atoms with van der Waals surface area (Å²) in [5, 5.41) is 1.12. The molecule has 4 aromatic rings. The number of carbonyl (C=O) groups excluding carboxylic acids is 1. The first-order chi connectivity index (χ1) is 19.5. The maximum Gasteiger partial charge on any atom is 0.355 e. The first kappa shape index (κ1) is 30.9. The number of anilines is 1. The third-order valence-electron chi connectivity index (χ3n) is 7.73. The van der Waals surface area contributed by atoms with Crippen LogP contribution in [0.25, 0.3) is 28.0 Å². The highest BCUT2D eigenvalue weighted by molar-refractivity contribution is 6.33. The van der Waals surface area contributed by atoms with Gasteiger partial charge in [0.05, 0.1) is 27.5 Å². The molecule has 5 rings (SSSR count). The molecule has 2 atom stereocenters. The van der Waals surface area contributed by atoms with Crippen LogP contribution in [0.1, 0.15) is 57.9 Å². The lowest BCUT2D eigenvalue weighted by Gasteiger charge is -2.44. The van der Waals surface area contributed by atoms with Gasteiger partial charge in [-0.25, -0.2) is 14.3 Å². The van der Waals surface area contributed by atoms with Gasteiger partial charge in [0.1, 0.15) is 5.82 Å². The normalized spacial score (nSPS) is 17.0. The van der Waals surface area contributed by atoms with Crippen LogP contribution in [0.2, 0.25) is 5.02 Å². The molecule has 1 aliphatic heterocycles. The minimum Gasteiger partial charge on any atom is -0.349 e. The largest absolute Gasteiger partial charge is 0.355 e. The van der Waals surface area contributed by atoms with E-state index >= 15 is 0 Å². The summed E-state index contributed by atoms with van der Waals surface area (Å²) in [6.07, 6.45) is 3.10. The minimum atomic E-state index is -0.444. The van der Waals surface area contributed by atoms with Crippen LogP contribution < -0.4 is 10.6 Å². The third kappa shape index (κ3) is 5.43. The van der Waals surface area contributed by atoms with E-state index in [-0.39, 0.29) is 31.3 Å². The van der Waals surface area contributed by atoms with Gasteiger partial charge in [-0.05, 0) is 63.5 Å². The van der Waals surface area contributed by atoms with Crippen molar-refractivity contribution in [3.63, 3.8) is 0 Å². The summed E-state index contributed by atoms with van der Waals surface area (Å²) in [7, 11) is 0. The van der Waals surface area contributed by atoms with Crippen molar-refractivity contribution in [2.24, 2.45) is 0 Å². The summed E-state index contributed by atoms with van der Waals surface area (Å²) in [6.45, 7) is 16.7. The maximum atomic E-state index is 14.1. The van der Waals surface area contributed by atoms with Crippen molar-refractivity contribution in [1.82, 2.24) is 24.4 Å². The number of benzene rings is 1. The molecule has 0 aliphatic carbocycles. The number of carbonyl (C=O) groups is 1. The monoisotopic (exact) mass is 586 g/mol. The predicted octanol–water partition coefficient (Wildman–Crippen LogP) is 6.48. The van der Waals surface area contributed by atoms with Crippen LogP contribution in [0.4, 0.5) is 5.82 Å². The molecule has 1 fully saturated rings. The van der Waals surface area contributed by atoms with Crippen LogP contribution in [0.3, 0.4) is 0 Å². The average molecular weight is 587 g/mol. The molecule has 0 saturated carbocycles. The van der Waals surface area contributed by atoms with E-state index in [9.17, 15) is 9.59 Å². The minimum absolute atomic E-state index is 0. The Bertz CT molecular complexity index is 1730. The summed E-state index contributed by atoms with van der Waals surface area (Å²) in [4.78, 5) is 44.8. The zero-order valence-corrected chi connectivity index (χ0v) is 25.1. The molecular weight excluding hydrogens is 548 g/mol. The van der Waals surface area contributed by atoms with Gasteiger partial charge in [-0.3, -0.25) is 9.78 Å². The van der Waals surface area contributed by atoms with Crippen molar-refractivity contribution in [2.45, 2.75) is 67.0 Å². The molecule has 0 spiro atoms. The Morgan fingerprint density at radius 1 is 1.10 bits per heavy atom. The first-order valence-electron chi connectivity index (χ1n) is 13.9. The van der Waals surface area contributed by atoms with Gasteiger partial charge in [-0.2, -0.15) is 4.98 Å². The van der Waals surface area contributed by atoms with Gasteiger partial charge in [-0.15, -0.1) is 0 Å². The molecule has 1 saturated heterocycles. The zero-order valence-electron chi connectivity index (χ0n) is 24.3. The molecule has 0 unspecified atom stereocenters. The molecule has 1 aliphatic rings. The van der Waals surface area contributed by atoms with Gasteiger partial charge in [-0.1, -0.05) is 63.2 Å². The SMILES string of the molecule is C.C=CC(=O)N1C[C@H](C)N(c2nc(=O)n(-c3c(C)ccnc3C(C)C)c3nc(-c4cccc(C)c4)c(Cl)cc23)C[C@H]1C. The van der Waals surface area contributed by atoms with Crippen molar-refractivity contribution in [1.29, 1.82) is 0 Å².